The standard InChI is InChI=1S/C98H73BN4O/c1-97(2,3)68-56-77(62-29-11-7-12-30-62)95(78(57-68)63-31-13-8-14-32-63)102-88-60-70(100-84-42-24-19-37-72(84)73-38-20-25-43-85(73)100)48-50-82(88)99-83-51-49-71(101-86-44-26-21-39-74(86)75-40-22-27-45-87(75)101)61-89(83)103(91-55-67(54-90(102)94(91)99)66-47-52-93-81(53-66)76-41-23-28-46-92(76)104-93)96-79(64-33-15-9-16-34-64)58-69(98(4,5)6)59-80(96)65-35-17-10-18-36-65/h7-61H,1-6H3. The van der Waals surface area contributed by atoms with E-state index in [0.29, 0.717) is 0 Å². The third-order valence-electron chi connectivity index (χ3n) is 22.2. The van der Waals surface area contributed by atoms with Crippen LogP contribution in [0.5, 0.6) is 0 Å². The second kappa shape index (κ2) is 23.5. The lowest BCUT2D eigenvalue weighted by Gasteiger charge is -2.46. The number of anilines is 6. The molecule has 0 aliphatic carbocycles. The van der Waals surface area contributed by atoms with Gasteiger partial charge in [-0.15, -0.1) is 0 Å². The zero-order chi connectivity index (χ0) is 69.7. The predicted octanol–water partition coefficient (Wildman–Crippen LogP) is 24.8. The van der Waals surface area contributed by atoms with Gasteiger partial charge < -0.3 is 23.4 Å². The van der Waals surface area contributed by atoms with Crippen molar-refractivity contribution < 1.29 is 4.42 Å². The van der Waals surface area contributed by atoms with E-state index >= 15 is 0 Å². The van der Waals surface area contributed by atoms with Crippen LogP contribution in [0.15, 0.2) is 338 Å². The van der Waals surface area contributed by atoms with Gasteiger partial charge in [0.15, 0.2) is 0 Å². The molecule has 0 spiro atoms. The van der Waals surface area contributed by atoms with Crippen molar-refractivity contribution in [3.8, 4) is 67.0 Å². The number of para-hydroxylation sites is 5. The number of rotatable bonds is 9. The maximum absolute atomic E-state index is 6.69. The Balaban J connectivity index is 0.996. The minimum Gasteiger partial charge on any atom is -0.456 e. The zero-order valence-electron chi connectivity index (χ0n) is 59.0. The molecule has 15 aromatic carbocycles. The number of fused-ring (bicyclic) bond motifs is 13. The van der Waals surface area contributed by atoms with Crippen molar-refractivity contribution in [3.63, 3.8) is 0 Å². The summed E-state index contributed by atoms with van der Waals surface area (Å²) in [5, 5.41) is 7.03. The van der Waals surface area contributed by atoms with Gasteiger partial charge >= 0.3 is 0 Å². The lowest BCUT2D eigenvalue weighted by atomic mass is 9.33. The third kappa shape index (κ3) is 9.62. The first-order valence-electron chi connectivity index (χ1n) is 36.4. The molecule has 18 aromatic rings. The molecule has 104 heavy (non-hydrogen) atoms. The number of benzene rings is 15. The number of aromatic nitrogens is 2. The smallest absolute Gasteiger partial charge is 0.252 e. The van der Waals surface area contributed by atoms with Crippen molar-refractivity contribution in [1.82, 2.24) is 9.13 Å². The van der Waals surface area contributed by atoms with E-state index in [9.17, 15) is 0 Å². The molecule has 0 unspecified atom stereocenters. The van der Waals surface area contributed by atoms with Crippen LogP contribution in [0.1, 0.15) is 52.7 Å². The quantitative estimate of drug-likeness (QED) is 0.135. The maximum Gasteiger partial charge on any atom is 0.252 e. The summed E-state index contributed by atoms with van der Waals surface area (Å²) in [7, 11) is 0. The van der Waals surface area contributed by atoms with Crippen LogP contribution in [-0.4, -0.2) is 15.8 Å². The lowest BCUT2D eigenvalue weighted by Crippen LogP contribution is -2.61. The van der Waals surface area contributed by atoms with Crippen LogP contribution in [0.4, 0.5) is 34.1 Å². The molecule has 2 aliphatic rings. The van der Waals surface area contributed by atoms with Crippen LogP contribution in [0, 0.1) is 0 Å². The lowest BCUT2D eigenvalue weighted by molar-refractivity contribution is 0.590. The second-order valence-electron chi connectivity index (χ2n) is 30.4. The Morgan fingerprint density at radius 3 is 0.971 bits per heavy atom. The molecule has 494 valence electrons. The van der Waals surface area contributed by atoms with Gasteiger partial charge in [-0.3, -0.25) is 0 Å². The van der Waals surface area contributed by atoms with Gasteiger partial charge in [-0.1, -0.05) is 272 Å². The van der Waals surface area contributed by atoms with Gasteiger partial charge in [-0.25, -0.2) is 0 Å². The van der Waals surface area contributed by atoms with Crippen LogP contribution in [0.25, 0.3) is 133 Å². The zero-order valence-corrected chi connectivity index (χ0v) is 59.0. The fourth-order valence-electron chi connectivity index (χ4n) is 17.2. The molecule has 5 heterocycles. The van der Waals surface area contributed by atoms with Gasteiger partial charge in [-0.05, 0) is 175 Å². The SMILES string of the molecule is CC(C)(C)c1cc(-c2ccccc2)c(N2c3cc(-n4c5ccccc5c5ccccc54)ccc3B3c4ccc(-n5c6ccccc6c6ccccc65)cc4N(c4c(-c5ccccc5)cc(C(C)(C)C)cc4-c4ccccc4)c4cc(-c5ccc6oc7ccccc7c6c5)cc2c43)c(-c2ccccc2)c1. The molecule has 0 saturated heterocycles. The predicted molar refractivity (Wildman–Crippen MR) is 441 cm³/mol. The van der Waals surface area contributed by atoms with E-state index in [1.165, 1.54) is 49.1 Å². The highest BCUT2D eigenvalue weighted by atomic mass is 16.3. The second-order valence-corrected chi connectivity index (χ2v) is 30.4. The number of furan rings is 1. The summed E-state index contributed by atoms with van der Waals surface area (Å²) in [6.07, 6.45) is 0. The molecule has 0 amide bonds. The topological polar surface area (TPSA) is 29.5 Å². The molecule has 0 fully saturated rings. The van der Waals surface area contributed by atoms with Gasteiger partial charge in [0.1, 0.15) is 11.2 Å². The van der Waals surface area contributed by atoms with Crippen LogP contribution >= 0.6 is 0 Å². The van der Waals surface area contributed by atoms with E-state index in [4.69, 9.17) is 4.42 Å². The fourth-order valence-corrected chi connectivity index (χ4v) is 17.2. The summed E-state index contributed by atoms with van der Waals surface area (Å²) >= 11 is 0. The van der Waals surface area contributed by atoms with Crippen LogP contribution in [0.3, 0.4) is 0 Å². The van der Waals surface area contributed by atoms with Crippen molar-refractivity contribution in [3.05, 3.63) is 345 Å². The summed E-state index contributed by atoms with van der Waals surface area (Å²) in [5.41, 5.74) is 32.1. The molecule has 20 rings (SSSR count). The first kappa shape index (κ1) is 61.3. The van der Waals surface area contributed by atoms with Crippen LogP contribution in [-0.2, 0) is 10.8 Å². The highest BCUT2D eigenvalue weighted by Crippen LogP contribution is 2.56. The van der Waals surface area contributed by atoms with Gasteiger partial charge in [-0.2, -0.15) is 0 Å². The molecule has 2 aliphatic heterocycles. The van der Waals surface area contributed by atoms with Crippen molar-refractivity contribution in [2.75, 3.05) is 9.80 Å². The van der Waals surface area contributed by atoms with Gasteiger partial charge in [0, 0.05) is 88.7 Å². The average molecular weight is 1330 g/mol. The molecule has 5 nitrogen and oxygen atoms in total. The van der Waals surface area contributed by atoms with E-state index in [-0.39, 0.29) is 17.5 Å². The molecule has 0 bridgehead atoms. The Kier molecular flexibility index (Phi) is 13.8. The molecule has 0 radical (unpaired) electrons. The van der Waals surface area contributed by atoms with E-state index in [1.807, 2.05) is 0 Å². The molecule has 0 N–H and O–H groups in total. The Morgan fingerprint density at radius 1 is 0.260 bits per heavy atom. The first-order valence-corrected chi connectivity index (χ1v) is 36.4. The highest BCUT2D eigenvalue weighted by molar-refractivity contribution is 7.00. The average Bonchev–Trinajstić information content (AvgIpc) is 0.775. The summed E-state index contributed by atoms with van der Waals surface area (Å²) in [4.78, 5) is 5.42. The number of hydrogen-bond acceptors (Lipinski definition) is 3. The van der Waals surface area contributed by atoms with Gasteiger partial charge in [0.25, 0.3) is 6.71 Å². The molecular formula is C98H73BN4O. The summed E-state index contributed by atoms with van der Waals surface area (Å²) in [6, 6.07) is 126. The van der Waals surface area contributed by atoms with Crippen LogP contribution < -0.4 is 26.2 Å². The normalized spacial score (nSPS) is 12.8. The van der Waals surface area contributed by atoms with Crippen molar-refractivity contribution in [2.24, 2.45) is 0 Å². The molecule has 0 atom stereocenters. The van der Waals surface area contributed by atoms with E-state index in [0.717, 1.165) is 145 Å². The molecule has 0 saturated carbocycles. The summed E-state index contributed by atoms with van der Waals surface area (Å²) in [5.74, 6) is 0. The number of nitrogens with zero attached hydrogens (tertiary/aromatic N) is 4. The van der Waals surface area contributed by atoms with Crippen molar-refractivity contribution >= 4 is 123 Å². The Hall–Kier alpha value is -12.6. The van der Waals surface area contributed by atoms with Gasteiger partial charge in [0.2, 0.25) is 0 Å². The minimum absolute atomic E-state index is 0.215. The highest BCUT2D eigenvalue weighted by Gasteiger charge is 2.46. The summed E-state index contributed by atoms with van der Waals surface area (Å²) in [6.45, 7) is 13.8. The summed E-state index contributed by atoms with van der Waals surface area (Å²) < 4.78 is 11.7. The molecule has 3 aromatic heterocycles. The Labute approximate surface area is 606 Å². The fraction of sp³-hybridized carbons (Fsp3) is 0.0816. The van der Waals surface area contributed by atoms with Gasteiger partial charge in [0.05, 0.1) is 33.4 Å². The molecule has 6 heteroatoms. The van der Waals surface area contributed by atoms with E-state index < -0.39 is 0 Å². The third-order valence-corrected chi connectivity index (χ3v) is 22.2. The van der Waals surface area contributed by atoms with E-state index in [2.05, 4.69) is 394 Å². The maximum atomic E-state index is 6.69. The van der Waals surface area contributed by atoms with E-state index in [1.54, 1.807) is 0 Å². The Bertz CT molecular complexity index is 5940. The van der Waals surface area contributed by atoms with Crippen LogP contribution in [0.2, 0.25) is 0 Å². The van der Waals surface area contributed by atoms with Crippen molar-refractivity contribution in [1.29, 1.82) is 0 Å². The monoisotopic (exact) mass is 1330 g/mol. The number of hydrogen-bond donors (Lipinski definition) is 0. The minimum atomic E-state index is -0.283. The Morgan fingerprint density at radius 2 is 0.596 bits per heavy atom. The first-order chi connectivity index (χ1) is 50.9. The largest absolute Gasteiger partial charge is 0.456 e. The van der Waals surface area contributed by atoms with Crippen molar-refractivity contribution in [2.45, 2.75) is 52.4 Å². The molecular weight excluding hydrogens is 1260 g/mol.